The number of aromatic nitrogens is 2. The summed E-state index contributed by atoms with van der Waals surface area (Å²) >= 11 is 0. The van der Waals surface area contributed by atoms with Crippen molar-refractivity contribution in [1.82, 2.24) is 20.0 Å². The second-order valence-electron chi connectivity index (χ2n) is 7.16. The van der Waals surface area contributed by atoms with E-state index in [-0.39, 0.29) is 17.9 Å². The Morgan fingerprint density at radius 1 is 1.28 bits per heavy atom. The average molecular weight is 340 g/mol. The SMILES string of the molecule is Cc1cc(C)c(CN2C[C@H]3COC[C@@H](C2)C(=O)N3)c(-n2cccn2)c1. The highest BCUT2D eigenvalue weighted by atomic mass is 16.5. The molecule has 2 fully saturated rings. The van der Waals surface area contributed by atoms with Crippen molar-refractivity contribution in [2.24, 2.45) is 5.92 Å². The van der Waals surface area contributed by atoms with Crippen molar-refractivity contribution in [3.8, 4) is 5.69 Å². The number of ether oxygens (including phenoxy) is 1. The van der Waals surface area contributed by atoms with Gasteiger partial charge in [0.2, 0.25) is 5.91 Å². The van der Waals surface area contributed by atoms with Gasteiger partial charge in [-0.1, -0.05) is 6.07 Å². The van der Waals surface area contributed by atoms with Crippen LogP contribution in [0.15, 0.2) is 30.6 Å². The lowest BCUT2D eigenvalue weighted by Crippen LogP contribution is -2.41. The van der Waals surface area contributed by atoms with Gasteiger partial charge in [-0.25, -0.2) is 4.68 Å². The zero-order valence-electron chi connectivity index (χ0n) is 14.7. The quantitative estimate of drug-likeness (QED) is 0.918. The van der Waals surface area contributed by atoms with Crippen molar-refractivity contribution in [1.29, 1.82) is 0 Å². The summed E-state index contributed by atoms with van der Waals surface area (Å²) < 4.78 is 7.56. The Morgan fingerprint density at radius 2 is 2.16 bits per heavy atom. The van der Waals surface area contributed by atoms with Gasteiger partial charge in [-0.15, -0.1) is 0 Å². The van der Waals surface area contributed by atoms with Crippen LogP contribution >= 0.6 is 0 Å². The number of nitrogens with zero attached hydrogens (tertiary/aromatic N) is 3. The number of hydrogen-bond acceptors (Lipinski definition) is 4. The Balaban J connectivity index is 1.66. The second-order valence-corrected chi connectivity index (χ2v) is 7.16. The van der Waals surface area contributed by atoms with Crippen molar-refractivity contribution in [2.45, 2.75) is 26.4 Å². The molecule has 1 aromatic carbocycles. The average Bonchev–Trinajstić information content (AvgIpc) is 2.96. The van der Waals surface area contributed by atoms with Crippen LogP contribution in [0.25, 0.3) is 5.69 Å². The summed E-state index contributed by atoms with van der Waals surface area (Å²) in [6.07, 6.45) is 3.78. The fourth-order valence-electron chi connectivity index (χ4n) is 3.87. The number of rotatable bonds is 3. The van der Waals surface area contributed by atoms with Crippen molar-refractivity contribution < 1.29 is 9.53 Å². The molecule has 0 radical (unpaired) electrons. The summed E-state index contributed by atoms with van der Waals surface area (Å²) in [5.41, 5.74) is 4.87. The van der Waals surface area contributed by atoms with Crippen LogP contribution in [0.5, 0.6) is 0 Å². The lowest BCUT2D eigenvalue weighted by atomic mass is 10.0. The maximum absolute atomic E-state index is 12.2. The van der Waals surface area contributed by atoms with E-state index in [9.17, 15) is 4.79 Å². The van der Waals surface area contributed by atoms with Gasteiger partial charge in [0.05, 0.1) is 30.9 Å². The number of carbonyl (C=O) groups is 1. The zero-order valence-corrected chi connectivity index (χ0v) is 14.7. The number of fused-ring (bicyclic) bond motifs is 3. The lowest BCUT2D eigenvalue weighted by molar-refractivity contribution is -0.125. The molecule has 4 rings (SSSR count). The van der Waals surface area contributed by atoms with Crippen LogP contribution in [0.2, 0.25) is 0 Å². The summed E-state index contributed by atoms with van der Waals surface area (Å²) in [5.74, 6) is 0.0318. The molecule has 2 atom stereocenters. The van der Waals surface area contributed by atoms with Crippen molar-refractivity contribution in [3.63, 3.8) is 0 Å². The molecule has 6 heteroatoms. The smallest absolute Gasteiger partial charge is 0.227 e. The summed E-state index contributed by atoms with van der Waals surface area (Å²) in [7, 11) is 0. The number of amides is 1. The highest BCUT2D eigenvalue weighted by Crippen LogP contribution is 2.24. The van der Waals surface area contributed by atoms with Gasteiger partial charge in [-0.05, 0) is 42.7 Å². The first-order valence-electron chi connectivity index (χ1n) is 8.81. The van der Waals surface area contributed by atoms with E-state index in [1.807, 2.05) is 16.9 Å². The van der Waals surface area contributed by atoms with Crippen LogP contribution in [0.4, 0.5) is 0 Å². The zero-order chi connectivity index (χ0) is 17.4. The predicted octanol–water partition coefficient (Wildman–Crippen LogP) is 1.44. The summed E-state index contributed by atoms with van der Waals surface area (Å²) in [6.45, 7) is 7.72. The van der Waals surface area contributed by atoms with Crippen molar-refractivity contribution in [3.05, 3.63) is 47.3 Å². The molecule has 6 nitrogen and oxygen atoms in total. The maximum atomic E-state index is 12.2. The largest absolute Gasteiger partial charge is 0.378 e. The minimum atomic E-state index is -0.0913. The van der Waals surface area contributed by atoms with Gasteiger partial charge in [-0.3, -0.25) is 9.69 Å². The molecule has 3 heterocycles. The molecule has 2 bridgehead atoms. The molecule has 1 aromatic heterocycles. The molecule has 132 valence electrons. The van der Waals surface area contributed by atoms with Crippen molar-refractivity contribution >= 4 is 5.91 Å². The van der Waals surface area contributed by atoms with Gasteiger partial charge in [0, 0.05) is 32.0 Å². The Morgan fingerprint density at radius 3 is 2.96 bits per heavy atom. The fraction of sp³-hybridized carbons (Fsp3) is 0.474. The molecule has 2 aliphatic heterocycles. The number of hydrogen-bond donors (Lipinski definition) is 1. The Bertz CT molecular complexity index is 772. The molecular weight excluding hydrogens is 316 g/mol. The third-order valence-electron chi connectivity index (χ3n) is 5.04. The highest BCUT2D eigenvalue weighted by molar-refractivity contribution is 5.80. The van der Waals surface area contributed by atoms with Gasteiger partial charge in [0.15, 0.2) is 0 Å². The molecule has 25 heavy (non-hydrogen) atoms. The van der Waals surface area contributed by atoms with E-state index in [1.165, 1.54) is 16.7 Å². The summed E-state index contributed by atoms with van der Waals surface area (Å²) in [5, 5.41) is 7.52. The van der Waals surface area contributed by atoms with Gasteiger partial charge < -0.3 is 10.1 Å². The van der Waals surface area contributed by atoms with Gasteiger partial charge in [0.25, 0.3) is 0 Å². The lowest BCUT2D eigenvalue weighted by Gasteiger charge is -2.29. The minimum absolute atomic E-state index is 0.0684. The van der Waals surface area contributed by atoms with Crippen molar-refractivity contribution in [2.75, 3.05) is 26.3 Å². The minimum Gasteiger partial charge on any atom is -0.378 e. The number of benzene rings is 1. The molecule has 2 aromatic rings. The third kappa shape index (κ3) is 3.32. The van der Waals surface area contributed by atoms with Crippen LogP contribution in [0, 0.1) is 19.8 Å². The Kier molecular flexibility index (Phi) is 4.31. The molecule has 0 spiro atoms. The van der Waals surface area contributed by atoms with E-state index < -0.39 is 0 Å². The van der Waals surface area contributed by atoms with E-state index in [0.29, 0.717) is 13.2 Å². The topological polar surface area (TPSA) is 59.4 Å². The summed E-state index contributed by atoms with van der Waals surface area (Å²) in [4.78, 5) is 14.6. The van der Waals surface area contributed by atoms with Gasteiger partial charge in [0.1, 0.15) is 0 Å². The molecule has 2 aliphatic rings. The van der Waals surface area contributed by atoms with E-state index in [0.717, 1.165) is 25.3 Å². The van der Waals surface area contributed by atoms with E-state index >= 15 is 0 Å². The van der Waals surface area contributed by atoms with Crippen LogP contribution < -0.4 is 5.32 Å². The van der Waals surface area contributed by atoms with Crippen LogP contribution in [-0.2, 0) is 16.1 Å². The molecule has 0 saturated carbocycles. The standard InChI is InChI=1S/C19H24N4O2/c1-13-6-14(2)17(18(7-13)23-5-3-4-20-23)10-22-8-15-11-25-12-16(9-22)21-19(15)24/h3-7,15-16H,8-12H2,1-2H3,(H,21,24)/t15-,16+/m1/s1. The number of aryl methyl sites for hydroxylation is 2. The predicted molar refractivity (Wildman–Crippen MR) is 94.6 cm³/mol. The van der Waals surface area contributed by atoms with Crippen LogP contribution in [-0.4, -0.2) is 52.9 Å². The summed E-state index contributed by atoms with van der Waals surface area (Å²) in [6, 6.07) is 6.41. The first-order chi connectivity index (χ1) is 12.1. The van der Waals surface area contributed by atoms with Gasteiger partial charge >= 0.3 is 0 Å². The molecule has 0 aliphatic carbocycles. The molecule has 1 N–H and O–H groups in total. The highest BCUT2D eigenvalue weighted by Gasteiger charge is 2.33. The monoisotopic (exact) mass is 340 g/mol. The molecular formula is C19H24N4O2. The number of carbonyl (C=O) groups excluding carboxylic acids is 1. The van der Waals surface area contributed by atoms with E-state index in [4.69, 9.17) is 4.74 Å². The first-order valence-corrected chi connectivity index (χ1v) is 8.81. The van der Waals surface area contributed by atoms with Crippen LogP contribution in [0.1, 0.15) is 16.7 Å². The first kappa shape index (κ1) is 16.3. The van der Waals surface area contributed by atoms with Gasteiger partial charge in [-0.2, -0.15) is 5.10 Å². The van der Waals surface area contributed by atoms with E-state index in [2.05, 4.69) is 41.3 Å². The fourth-order valence-corrected chi connectivity index (χ4v) is 3.87. The molecule has 2 saturated heterocycles. The normalized spacial score (nSPS) is 24.0. The third-order valence-corrected chi connectivity index (χ3v) is 5.04. The molecule has 1 amide bonds. The maximum Gasteiger partial charge on any atom is 0.227 e. The Hall–Kier alpha value is -2.18. The molecule has 0 unspecified atom stereocenters. The Labute approximate surface area is 147 Å². The second kappa shape index (κ2) is 6.61. The van der Waals surface area contributed by atoms with Crippen LogP contribution in [0.3, 0.4) is 0 Å². The van der Waals surface area contributed by atoms with E-state index in [1.54, 1.807) is 6.20 Å². The number of nitrogens with one attached hydrogen (secondary N) is 1.